The summed E-state index contributed by atoms with van der Waals surface area (Å²) in [6, 6.07) is 13.8. The number of hydrogen-bond donors (Lipinski definition) is 0. The zero-order chi connectivity index (χ0) is 15.5. The van der Waals surface area contributed by atoms with Gasteiger partial charge in [-0.25, -0.2) is 0 Å². The van der Waals surface area contributed by atoms with E-state index >= 15 is 0 Å². The van der Waals surface area contributed by atoms with E-state index in [4.69, 9.17) is 4.74 Å². The molecule has 0 N–H and O–H groups in total. The second kappa shape index (κ2) is 6.44. The molecule has 0 saturated carbocycles. The van der Waals surface area contributed by atoms with E-state index in [0.717, 1.165) is 16.3 Å². The first-order chi connectivity index (χ1) is 9.90. The molecule has 2 nitrogen and oxygen atoms in total. The van der Waals surface area contributed by atoms with E-state index in [-0.39, 0.29) is 5.41 Å². The molecule has 2 aromatic rings. The summed E-state index contributed by atoms with van der Waals surface area (Å²) in [5.74, 6) is 0.605. The molecule has 3 heteroatoms. The van der Waals surface area contributed by atoms with E-state index in [1.54, 1.807) is 12.1 Å². The van der Waals surface area contributed by atoms with Crippen LogP contribution in [0.5, 0.6) is 5.75 Å². The van der Waals surface area contributed by atoms with Gasteiger partial charge in [0.15, 0.2) is 6.29 Å². The molecule has 0 unspecified atom stereocenters. The quantitative estimate of drug-likeness (QED) is 0.716. The third kappa shape index (κ3) is 4.18. The summed E-state index contributed by atoms with van der Waals surface area (Å²) in [6.45, 7) is 7.02. The van der Waals surface area contributed by atoms with E-state index < -0.39 is 0 Å². The summed E-state index contributed by atoms with van der Waals surface area (Å²) in [4.78, 5) is 11.0. The van der Waals surface area contributed by atoms with E-state index in [1.165, 1.54) is 5.56 Å². The highest BCUT2D eigenvalue weighted by molar-refractivity contribution is 9.10. The van der Waals surface area contributed by atoms with Crippen molar-refractivity contribution < 1.29 is 9.53 Å². The summed E-state index contributed by atoms with van der Waals surface area (Å²) in [5, 5.41) is 0. The van der Waals surface area contributed by atoms with Crippen LogP contribution in [-0.2, 0) is 12.0 Å². The lowest BCUT2D eigenvalue weighted by atomic mass is 9.87. The Bertz CT molecular complexity index is 625. The number of halogens is 1. The first-order valence-electron chi connectivity index (χ1n) is 6.87. The van der Waals surface area contributed by atoms with Gasteiger partial charge in [0.05, 0.1) is 5.56 Å². The number of rotatable bonds is 4. The summed E-state index contributed by atoms with van der Waals surface area (Å²) in [6.07, 6.45) is 0.808. The van der Waals surface area contributed by atoms with Crippen molar-refractivity contribution in [1.29, 1.82) is 0 Å². The highest BCUT2D eigenvalue weighted by Gasteiger charge is 2.13. The molecule has 0 spiro atoms. The monoisotopic (exact) mass is 346 g/mol. The van der Waals surface area contributed by atoms with Crippen LogP contribution < -0.4 is 4.74 Å². The highest BCUT2D eigenvalue weighted by Crippen LogP contribution is 2.24. The lowest BCUT2D eigenvalue weighted by molar-refractivity contribution is 0.111. The number of carbonyl (C=O) groups is 1. The van der Waals surface area contributed by atoms with Crippen LogP contribution in [0.2, 0.25) is 0 Å². The second-order valence-electron chi connectivity index (χ2n) is 6.04. The average Bonchev–Trinajstić information content (AvgIpc) is 2.45. The van der Waals surface area contributed by atoms with Crippen molar-refractivity contribution in [3.05, 3.63) is 63.6 Å². The van der Waals surface area contributed by atoms with Crippen molar-refractivity contribution >= 4 is 22.2 Å². The smallest absolute Gasteiger partial charge is 0.153 e. The predicted molar refractivity (Wildman–Crippen MR) is 89.0 cm³/mol. The Labute approximate surface area is 134 Å². The van der Waals surface area contributed by atoms with E-state index in [1.807, 2.05) is 6.07 Å². The van der Waals surface area contributed by atoms with Crippen LogP contribution in [-0.4, -0.2) is 6.29 Å². The van der Waals surface area contributed by atoms with Gasteiger partial charge < -0.3 is 4.74 Å². The molecular weight excluding hydrogens is 328 g/mol. The third-order valence-corrected chi connectivity index (χ3v) is 3.81. The van der Waals surface area contributed by atoms with Crippen LogP contribution in [0.1, 0.15) is 42.3 Å². The van der Waals surface area contributed by atoms with E-state index in [9.17, 15) is 4.79 Å². The Hall–Kier alpha value is -1.61. The van der Waals surface area contributed by atoms with Gasteiger partial charge in [0.2, 0.25) is 0 Å². The molecule has 110 valence electrons. The molecule has 2 aromatic carbocycles. The van der Waals surface area contributed by atoms with Crippen LogP contribution in [0.15, 0.2) is 46.9 Å². The summed E-state index contributed by atoms with van der Waals surface area (Å²) < 4.78 is 6.61. The van der Waals surface area contributed by atoms with Gasteiger partial charge >= 0.3 is 0 Å². The maximum atomic E-state index is 11.0. The van der Waals surface area contributed by atoms with Crippen LogP contribution in [0.3, 0.4) is 0 Å². The van der Waals surface area contributed by atoms with Crippen LogP contribution in [0.4, 0.5) is 0 Å². The SMILES string of the molecule is CC(C)(C)c1ccc(COc2ccc(Br)cc2C=O)cc1. The first kappa shape index (κ1) is 15.8. The van der Waals surface area contributed by atoms with Crippen molar-refractivity contribution in [2.75, 3.05) is 0 Å². The highest BCUT2D eigenvalue weighted by atomic mass is 79.9. The maximum Gasteiger partial charge on any atom is 0.153 e. The first-order valence-corrected chi connectivity index (χ1v) is 7.66. The molecule has 21 heavy (non-hydrogen) atoms. The fourth-order valence-corrected chi connectivity index (χ4v) is 2.38. The Kier molecular flexibility index (Phi) is 4.84. The van der Waals surface area contributed by atoms with Gasteiger partial charge in [-0.2, -0.15) is 0 Å². The maximum absolute atomic E-state index is 11.0. The van der Waals surface area contributed by atoms with Crippen LogP contribution >= 0.6 is 15.9 Å². The largest absolute Gasteiger partial charge is 0.488 e. The van der Waals surface area contributed by atoms with Crippen molar-refractivity contribution in [2.24, 2.45) is 0 Å². The molecule has 0 aromatic heterocycles. The van der Waals surface area contributed by atoms with Gasteiger partial charge in [-0.3, -0.25) is 4.79 Å². The number of benzene rings is 2. The fourth-order valence-electron chi connectivity index (χ4n) is 2.00. The molecule has 0 aliphatic rings. The Morgan fingerprint density at radius 3 is 2.33 bits per heavy atom. The molecular formula is C18H19BrO2. The number of hydrogen-bond acceptors (Lipinski definition) is 2. The van der Waals surface area contributed by atoms with Gasteiger partial charge in [-0.1, -0.05) is 61.0 Å². The molecule has 0 aliphatic heterocycles. The number of aldehydes is 1. The lowest BCUT2D eigenvalue weighted by Crippen LogP contribution is -2.10. The van der Waals surface area contributed by atoms with Gasteiger partial charge in [0.1, 0.15) is 12.4 Å². The van der Waals surface area contributed by atoms with E-state index in [2.05, 4.69) is 61.0 Å². The van der Waals surface area contributed by atoms with E-state index in [0.29, 0.717) is 17.9 Å². The zero-order valence-corrected chi connectivity index (χ0v) is 14.1. The van der Waals surface area contributed by atoms with Crippen molar-refractivity contribution in [3.63, 3.8) is 0 Å². The molecule has 0 aliphatic carbocycles. The normalized spacial score (nSPS) is 11.2. The van der Waals surface area contributed by atoms with Crippen molar-refractivity contribution in [2.45, 2.75) is 32.8 Å². The van der Waals surface area contributed by atoms with Gasteiger partial charge in [0.25, 0.3) is 0 Å². The average molecular weight is 347 g/mol. The Morgan fingerprint density at radius 2 is 1.76 bits per heavy atom. The summed E-state index contributed by atoms with van der Waals surface area (Å²) >= 11 is 3.35. The van der Waals surface area contributed by atoms with Crippen molar-refractivity contribution in [1.82, 2.24) is 0 Å². The Morgan fingerprint density at radius 1 is 1.10 bits per heavy atom. The van der Waals surface area contributed by atoms with Gasteiger partial charge in [0, 0.05) is 4.47 Å². The summed E-state index contributed by atoms with van der Waals surface area (Å²) in [7, 11) is 0. The van der Waals surface area contributed by atoms with Gasteiger partial charge in [-0.15, -0.1) is 0 Å². The third-order valence-electron chi connectivity index (χ3n) is 3.31. The molecule has 0 heterocycles. The van der Waals surface area contributed by atoms with Crippen molar-refractivity contribution in [3.8, 4) is 5.75 Å². The second-order valence-corrected chi connectivity index (χ2v) is 6.95. The van der Waals surface area contributed by atoms with Gasteiger partial charge in [-0.05, 0) is 34.7 Å². The number of carbonyl (C=O) groups excluding carboxylic acids is 1. The Balaban J connectivity index is 2.08. The molecule has 0 radical (unpaired) electrons. The molecule has 2 rings (SSSR count). The van der Waals surface area contributed by atoms with Crippen LogP contribution in [0.25, 0.3) is 0 Å². The predicted octanol–water partition coefficient (Wildman–Crippen LogP) is 5.14. The molecule has 0 atom stereocenters. The molecule has 0 fully saturated rings. The topological polar surface area (TPSA) is 26.3 Å². The van der Waals surface area contributed by atoms with Crippen LogP contribution in [0, 0.1) is 0 Å². The minimum absolute atomic E-state index is 0.149. The molecule has 0 bridgehead atoms. The fraction of sp³-hybridized carbons (Fsp3) is 0.278. The minimum atomic E-state index is 0.149. The molecule has 0 saturated heterocycles. The number of ether oxygens (including phenoxy) is 1. The standard InChI is InChI=1S/C18H19BrO2/c1-18(2,3)15-6-4-13(5-7-15)12-21-17-9-8-16(19)10-14(17)11-20/h4-11H,12H2,1-3H3. The minimum Gasteiger partial charge on any atom is -0.488 e. The summed E-state index contributed by atoms with van der Waals surface area (Å²) in [5.41, 5.74) is 3.08. The zero-order valence-electron chi connectivity index (χ0n) is 12.5. The lowest BCUT2D eigenvalue weighted by Gasteiger charge is -2.19. The molecule has 0 amide bonds.